The Balaban J connectivity index is 1.70. The molecule has 0 radical (unpaired) electrons. The highest BCUT2D eigenvalue weighted by molar-refractivity contribution is 5.96. The van der Waals surface area contributed by atoms with Gasteiger partial charge >= 0.3 is 0 Å². The number of carbonyl (C=O) groups excluding carboxylic acids is 1. The number of amides is 1. The van der Waals surface area contributed by atoms with Gasteiger partial charge in [-0.25, -0.2) is 4.98 Å². The maximum Gasteiger partial charge on any atom is 0.267 e. The zero-order valence-electron chi connectivity index (χ0n) is 20.5. The summed E-state index contributed by atoms with van der Waals surface area (Å²) >= 11 is 0. The summed E-state index contributed by atoms with van der Waals surface area (Å²) in [4.78, 5) is 31.2. The summed E-state index contributed by atoms with van der Waals surface area (Å²) in [6.45, 7) is 5.10. The van der Waals surface area contributed by atoms with Crippen LogP contribution in [0.15, 0.2) is 59.5 Å². The van der Waals surface area contributed by atoms with E-state index in [0.29, 0.717) is 29.8 Å². The van der Waals surface area contributed by atoms with Gasteiger partial charge in [-0.2, -0.15) is 0 Å². The SMILES string of the molecule is CCCCCCCCn1c(=N)c(C(=O)NCc2ccc(C)cc2)cc2c(=O)n3ccccc3nc21. The standard InChI is InChI=1S/C28H33N5O2/c1-3-4-5-6-7-9-17-33-25(29)22(27(34)30-19-21-14-12-20(2)13-15-21)18-23-26(33)31-24-11-8-10-16-32(24)28(23)35/h8,10-16,18,29H,3-7,9,17,19H2,1-2H3,(H,30,34). The average Bonchev–Trinajstić information content (AvgIpc) is 2.87. The first-order chi connectivity index (χ1) is 17.0. The van der Waals surface area contributed by atoms with Crippen molar-refractivity contribution in [3.05, 3.63) is 87.3 Å². The lowest BCUT2D eigenvalue weighted by Crippen LogP contribution is -2.34. The molecule has 0 unspecified atom stereocenters. The van der Waals surface area contributed by atoms with Crippen LogP contribution in [0.25, 0.3) is 16.7 Å². The van der Waals surface area contributed by atoms with Crippen LogP contribution in [0.5, 0.6) is 0 Å². The molecule has 182 valence electrons. The van der Waals surface area contributed by atoms with E-state index in [4.69, 9.17) is 10.4 Å². The quantitative estimate of drug-likeness (QED) is 0.259. The molecule has 0 aliphatic rings. The molecule has 1 amide bonds. The first-order valence-electron chi connectivity index (χ1n) is 12.4. The number of rotatable bonds is 10. The van der Waals surface area contributed by atoms with Gasteiger partial charge < -0.3 is 9.88 Å². The smallest absolute Gasteiger partial charge is 0.267 e. The molecule has 0 spiro atoms. The number of hydrogen-bond donors (Lipinski definition) is 2. The molecule has 3 aromatic heterocycles. The van der Waals surface area contributed by atoms with Gasteiger partial charge in [-0.05, 0) is 37.1 Å². The van der Waals surface area contributed by atoms with Crippen LogP contribution in [0.2, 0.25) is 0 Å². The molecule has 7 heteroatoms. The van der Waals surface area contributed by atoms with Crippen molar-refractivity contribution in [1.29, 1.82) is 5.41 Å². The van der Waals surface area contributed by atoms with Gasteiger partial charge in [0.2, 0.25) is 0 Å². The number of hydrogen-bond acceptors (Lipinski definition) is 4. The monoisotopic (exact) mass is 471 g/mol. The Labute approximate surface area is 205 Å². The Morgan fingerprint density at radius 2 is 1.77 bits per heavy atom. The van der Waals surface area contributed by atoms with Crippen LogP contribution < -0.4 is 16.4 Å². The van der Waals surface area contributed by atoms with Gasteiger partial charge in [-0.3, -0.25) is 19.4 Å². The van der Waals surface area contributed by atoms with E-state index in [-0.39, 0.29) is 22.5 Å². The van der Waals surface area contributed by atoms with E-state index in [9.17, 15) is 9.59 Å². The lowest BCUT2D eigenvalue weighted by atomic mass is 10.1. The van der Waals surface area contributed by atoms with E-state index in [1.165, 1.54) is 29.7 Å². The fourth-order valence-corrected chi connectivity index (χ4v) is 4.31. The number of benzene rings is 1. The van der Waals surface area contributed by atoms with Gasteiger partial charge in [-0.1, -0.05) is 74.9 Å². The maximum atomic E-state index is 13.3. The van der Waals surface area contributed by atoms with E-state index in [1.54, 1.807) is 22.9 Å². The molecule has 0 aliphatic heterocycles. The number of fused-ring (bicyclic) bond motifs is 2. The van der Waals surface area contributed by atoms with Crippen LogP contribution in [0.1, 0.15) is 66.9 Å². The van der Waals surface area contributed by atoms with Crippen molar-refractivity contribution < 1.29 is 4.79 Å². The van der Waals surface area contributed by atoms with Crippen molar-refractivity contribution in [1.82, 2.24) is 19.3 Å². The summed E-state index contributed by atoms with van der Waals surface area (Å²) in [5, 5.41) is 12.1. The fourth-order valence-electron chi connectivity index (χ4n) is 4.31. The third-order valence-corrected chi connectivity index (χ3v) is 6.37. The Morgan fingerprint density at radius 1 is 1.03 bits per heavy atom. The van der Waals surface area contributed by atoms with Crippen molar-refractivity contribution >= 4 is 22.6 Å². The summed E-state index contributed by atoms with van der Waals surface area (Å²) in [6.07, 6.45) is 8.31. The third-order valence-electron chi connectivity index (χ3n) is 6.37. The van der Waals surface area contributed by atoms with Crippen molar-refractivity contribution in [3.63, 3.8) is 0 Å². The van der Waals surface area contributed by atoms with Gasteiger partial charge in [0.15, 0.2) is 0 Å². The number of unbranched alkanes of at least 4 members (excludes halogenated alkanes) is 5. The molecule has 35 heavy (non-hydrogen) atoms. The van der Waals surface area contributed by atoms with Crippen LogP contribution in [0, 0.1) is 12.3 Å². The van der Waals surface area contributed by atoms with E-state index in [1.807, 2.05) is 37.3 Å². The molecule has 4 aromatic rings. The number of nitrogens with one attached hydrogen (secondary N) is 2. The van der Waals surface area contributed by atoms with Crippen LogP contribution in [0.4, 0.5) is 0 Å². The third kappa shape index (κ3) is 5.50. The second-order valence-corrected chi connectivity index (χ2v) is 9.08. The predicted molar refractivity (Wildman–Crippen MR) is 139 cm³/mol. The number of pyridine rings is 2. The average molecular weight is 472 g/mol. The maximum absolute atomic E-state index is 13.3. The molecular formula is C28H33N5O2. The van der Waals surface area contributed by atoms with Gasteiger partial charge in [0, 0.05) is 19.3 Å². The van der Waals surface area contributed by atoms with Crippen LogP contribution >= 0.6 is 0 Å². The largest absolute Gasteiger partial charge is 0.348 e. The Kier molecular flexibility index (Phi) is 7.75. The Hall–Kier alpha value is -3.74. The van der Waals surface area contributed by atoms with Gasteiger partial charge in [0.25, 0.3) is 11.5 Å². The normalized spacial score (nSPS) is 11.3. The van der Waals surface area contributed by atoms with Crippen LogP contribution in [-0.2, 0) is 13.1 Å². The highest BCUT2D eigenvalue weighted by Gasteiger charge is 2.17. The second kappa shape index (κ2) is 11.1. The molecule has 2 N–H and O–H groups in total. The first kappa shape index (κ1) is 24.4. The van der Waals surface area contributed by atoms with Gasteiger partial charge in [0.1, 0.15) is 16.8 Å². The molecule has 0 bridgehead atoms. The predicted octanol–water partition coefficient (Wildman–Crippen LogP) is 4.73. The molecule has 1 aromatic carbocycles. The molecule has 0 atom stereocenters. The first-order valence-corrected chi connectivity index (χ1v) is 12.4. The minimum Gasteiger partial charge on any atom is -0.348 e. The zero-order chi connectivity index (χ0) is 24.8. The summed E-state index contributed by atoms with van der Waals surface area (Å²) in [5.41, 5.74) is 3.13. The molecule has 4 rings (SSSR count). The second-order valence-electron chi connectivity index (χ2n) is 9.08. The van der Waals surface area contributed by atoms with E-state index in [0.717, 1.165) is 30.4 Å². The van der Waals surface area contributed by atoms with Crippen molar-refractivity contribution in [2.45, 2.75) is 65.5 Å². The van der Waals surface area contributed by atoms with Crippen molar-refractivity contribution in [3.8, 4) is 0 Å². The molecule has 0 fully saturated rings. The van der Waals surface area contributed by atoms with E-state index < -0.39 is 0 Å². The lowest BCUT2D eigenvalue weighted by molar-refractivity contribution is 0.0948. The van der Waals surface area contributed by atoms with Crippen molar-refractivity contribution in [2.75, 3.05) is 0 Å². The number of aryl methyl sites for hydroxylation is 2. The van der Waals surface area contributed by atoms with Crippen LogP contribution in [0.3, 0.4) is 0 Å². The molecule has 7 nitrogen and oxygen atoms in total. The molecular weight excluding hydrogens is 438 g/mol. The lowest BCUT2D eigenvalue weighted by Gasteiger charge is -2.15. The minimum atomic E-state index is -0.369. The Bertz CT molecular complexity index is 1450. The number of aromatic nitrogens is 3. The van der Waals surface area contributed by atoms with E-state index >= 15 is 0 Å². The number of nitrogens with zero attached hydrogens (tertiary/aromatic N) is 3. The summed E-state index contributed by atoms with van der Waals surface area (Å²) < 4.78 is 3.21. The van der Waals surface area contributed by atoms with E-state index in [2.05, 4.69) is 12.2 Å². The van der Waals surface area contributed by atoms with Crippen molar-refractivity contribution in [2.24, 2.45) is 0 Å². The molecule has 0 saturated heterocycles. The highest BCUT2D eigenvalue weighted by Crippen LogP contribution is 2.13. The minimum absolute atomic E-state index is 0.0830. The number of carbonyl (C=O) groups is 1. The summed E-state index contributed by atoms with van der Waals surface area (Å²) in [5.74, 6) is -0.369. The summed E-state index contributed by atoms with van der Waals surface area (Å²) in [6, 6.07) is 14.9. The summed E-state index contributed by atoms with van der Waals surface area (Å²) in [7, 11) is 0. The zero-order valence-corrected chi connectivity index (χ0v) is 20.5. The molecule has 0 aliphatic carbocycles. The molecule has 3 heterocycles. The van der Waals surface area contributed by atoms with Gasteiger partial charge in [-0.15, -0.1) is 0 Å². The molecule has 0 saturated carbocycles. The Morgan fingerprint density at radius 3 is 2.54 bits per heavy atom. The van der Waals surface area contributed by atoms with Gasteiger partial charge in [0.05, 0.1) is 10.9 Å². The topological polar surface area (TPSA) is 92.2 Å². The highest BCUT2D eigenvalue weighted by atomic mass is 16.1. The fraction of sp³-hybridized carbons (Fsp3) is 0.357. The van der Waals surface area contributed by atoms with Crippen LogP contribution in [-0.4, -0.2) is 19.9 Å².